The van der Waals surface area contributed by atoms with Crippen molar-refractivity contribution in [2.75, 3.05) is 13.2 Å². The van der Waals surface area contributed by atoms with Crippen LogP contribution in [0.15, 0.2) is 9.98 Å². The fraction of sp³-hybridized carbons (Fsp3) is 0.667. The quantitative estimate of drug-likeness (QED) is 0.537. The van der Waals surface area contributed by atoms with Crippen molar-refractivity contribution in [3.8, 4) is 0 Å². The summed E-state index contributed by atoms with van der Waals surface area (Å²) in [5.41, 5.74) is 5.59. The van der Waals surface area contributed by atoms with Crippen LogP contribution in [0.25, 0.3) is 0 Å². The van der Waals surface area contributed by atoms with E-state index in [2.05, 4.69) is 9.98 Å². The third-order valence-corrected chi connectivity index (χ3v) is 1.41. The van der Waals surface area contributed by atoms with Gasteiger partial charge in [0.2, 0.25) is 0 Å². The molecule has 0 amide bonds. The lowest BCUT2D eigenvalue weighted by Crippen LogP contribution is -2.43. The molecule has 1 unspecified atom stereocenters. The van der Waals surface area contributed by atoms with E-state index in [1.807, 2.05) is 0 Å². The van der Waals surface area contributed by atoms with Crippen molar-refractivity contribution in [1.29, 1.82) is 0 Å². The zero-order valence-electron chi connectivity index (χ0n) is 6.44. The SMILES string of the molecule is CC1=NC(N)N(CCO)C=N1. The number of aliphatic imine (C=N–C) groups is 2. The summed E-state index contributed by atoms with van der Waals surface area (Å²) in [5, 5.41) is 8.59. The van der Waals surface area contributed by atoms with E-state index in [4.69, 9.17) is 10.8 Å². The minimum absolute atomic E-state index is 0.0638. The average Bonchev–Trinajstić information content (AvgIpc) is 1.95. The Balaban J connectivity index is 2.54. The molecular formula is C6H12N4O. The highest BCUT2D eigenvalue weighted by Gasteiger charge is 2.11. The van der Waals surface area contributed by atoms with E-state index < -0.39 is 0 Å². The Morgan fingerprint density at radius 2 is 2.55 bits per heavy atom. The molecule has 3 N–H and O–H groups in total. The highest BCUT2D eigenvalue weighted by molar-refractivity contribution is 5.88. The number of hydrogen-bond acceptors (Lipinski definition) is 5. The molecule has 62 valence electrons. The molecule has 0 spiro atoms. The predicted molar refractivity (Wildman–Crippen MR) is 43.4 cm³/mol. The van der Waals surface area contributed by atoms with Gasteiger partial charge in [-0.3, -0.25) is 5.73 Å². The molecular weight excluding hydrogens is 144 g/mol. The van der Waals surface area contributed by atoms with E-state index in [0.29, 0.717) is 12.4 Å². The number of rotatable bonds is 2. The molecule has 5 heteroatoms. The monoisotopic (exact) mass is 156 g/mol. The van der Waals surface area contributed by atoms with Crippen molar-refractivity contribution in [2.45, 2.75) is 13.2 Å². The molecule has 0 radical (unpaired) electrons. The van der Waals surface area contributed by atoms with Crippen LogP contribution in [0.1, 0.15) is 6.92 Å². The van der Waals surface area contributed by atoms with Gasteiger partial charge < -0.3 is 10.0 Å². The van der Waals surface area contributed by atoms with E-state index in [0.717, 1.165) is 0 Å². The fourth-order valence-electron chi connectivity index (χ4n) is 0.830. The van der Waals surface area contributed by atoms with Gasteiger partial charge >= 0.3 is 0 Å². The molecule has 1 atom stereocenters. The van der Waals surface area contributed by atoms with E-state index in [1.54, 1.807) is 18.2 Å². The predicted octanol–water partition coefficient (Wildman–Crippen LogP) is -1.02. The topological polar surface area (TPSA) is 74.2 Å². The van der Waals surface area contributed by atoms with Crippen LogP contribution >= 0.6 is 0 Å². The van der Waals surface area contributed by atoms with Gasteiger partial charge in [-0.15, -0.1) is 0 Å². The number of aliphatic hydroxyl groups excluding tert-OH is 1. The van der Waals surface area contributed by atoms with E-state index in [-0.39, 0.29) is 12.9 Å². The van der Waals surface area contributed by atoms with E-state index in [1.165, 1.54) is 0 Å². The second-order valence-electron chi connectivity index (χ2n) is 2.30. The summed E-state index contributed by atoms with van der Waals surface area (Å²) in [7, 11) is 0. The van der Waals surface area contributed by atoms with Crippen LogP contribution in [0.2, 0.25) is 0 Å². The van der Waals surface area contributed by atoms with Gasteiger partial charge in [-0.2, -0.15) is 0 Å². The van der Waals surface area contributed by atoms with Crippen molar-refractivity contribution in [1.82, 2.24) is 4.90 Å². The fourth-order valence-corrected chi connectivity index (χ4v) is 0.830. The maximum atomic E-state index is 8.59. The summed E-state index contributed by atoms with van der Waals surface area (Å²) in [6.45, 7) is 2.32. The molecule has 0 bridgehead atoms. The molecule has 11 heavy (non-hydrogen) atoms. The van der Waals surface area contributed by atoms with Crippen LogP contribution in [-0.2, 0) is 0 Å². The summed E-state index contributed by atoms with van der Waals surface area (Å²) < 4.78 is 0. The van der Waals surface area contributed by atoms with Crippen LogP contribution in [-0.4, -0.2) is 41.6 Å². The van der Waals surface area contributed by atoms with Crippen LogP contribution in [0.4, 0.5) is 0 Å². The number of hydrogen-bond donors (Lipinski definition) is 2. The molecule has 1 rings (SSSR count). The van der Waals surface area contributed by atoms with Gasteiger partial charge in [0.05, 0.1) is 12.9 Å². The second-order valence-corrected chi connectivity index (χ2v) is 2.30. The van der Waals surface area contributed by atoms with Crippen molar-refractivity contribution in [2.24, 2.45) is 15.7 Å². The highest BCUT2D eigenvalue weighted by Crippen LogP contribution is 1.98. The Morgan fingerprint density at radius 1 is 1.82 bits per heavy atom. The smallest absolute Gasteiger partial charge is 0.176 e. The van der Waals surface area contributed by atoms with Crippen LogP contribution < -0.4 is 5.73 Å². The van der Waals surface area contributed by atoms with Gasteiger partial charge in [0.15, 0.2) is 6.29 Å². The number of amidine groups is 1. The van der Waals surface area contributed by atoms with Gasteiger partial charge in [0.25, 0.3) is 0 Å². The lowest BCUT2D eigenvalue weighted by molar-refractivity contribution is 0.225. The van der Waals surface area contributed by atoms with E-state index in [9.17, 15) is 0 Å². The summed E-state index contributed by atoms with van der Waals surface area (Å²) in [6, 6.07) is 0. The lowest BCUT2D eigenvalue weighted by atomic mass is 10.5. The summed E-state index contributed by atoms with van der Waals surface area (Å²) in [6.07, 6.45) is 1.21. The van der Waals surface area contributed by atoms with Crippen molar-refractivity contribution < 1.29 is 5.11 Å². The molecule has 0 aliphatic carbocycles. The third-order valence-electron chi connectivity index (χ3n) is 1.41. The number of β-amino-alcohol motifs (C(OH)–C–C–N with tert-alkyl or cyclic N) is 1. The van der Waals surface area contributed by atoms with Gasteiger partial charge in [-0.25, -0.2) is 9.98 Å². The Hall–Kier alpha value is -0.940. The summed E-state index contributed by atoms with van der Waals surface area (Å²) in [5.74, 6) is 0.673. The number of nitrogens with zero attached hydrogens (tertiary/aromatic N) is 3. The first-order chi connectivity index (χ1) is 5.24. The highest BCUT2D eigenvalue weighted by atomic mass is 16.3. The molecule has 1 heterocycles. The average molecular weight is 156 g/mol. The minimum Gasteiger partial charge on any atom is -0.395 e. The Bertz CT molecular complexity index is 189. The molecule has 0 saturated heterocycles. The lowest BCUT2D eigenvalue weighted by Gasteiger charge is -2.25. The molecule has 0 saturated carbocycles. The second kappa shape index (κ2) is 3.45. The standard InChI is InChI=1S/C6H12N4O/c1-5-8-4-10(2-3-11)6(7)9-5/h4,6,11H,2-3,7H2,1H3. The molecule has 5 nitrogen and oxygen atoms in total. The van der Waals surface area contributed by atoms with Gasteiger partial charge in [-0.1, -0.05) is 0 Å². The van der Waals surface area contributed by atoms with Gasteiger partial charge in [0.1, 0.15) is 5.84 Å². The maximum absolute atomic E-state index is 8.59. The van der Waals surface area contributed by atoms with Crippen molar-refractivity contribution in [3.63, 3.8) is 0 Å². The van der Waals surface area contributed by atoms with E-state index >= 15 is 0 Å². The first kappa shape index (κ1) is 8.16. The van der Waals surface area contributed by atoms with Gasteiger partial charge in [-0.05, 0) is 6.92 Å². The Labute approximate surface area is 65.2 Å². The zero-order valence-corrected chi connectivity index (χ0v) is 6.44. The molecule has 1 aliphatic rings. The molecule has 0 aromatic heterocycles. The zero-order chi connectivity index (χ0) is 8.27. The molecule has 0 aromatic carbocycles. The first-order valence-electron chi connectivity index (χ1n) is 3.45. The Morgan fingerprint density at radius 3 is 3.09 bits per heavy atom. The van der Waals surface area contributed by atoms with Gasteiger partial charge in [0, 0.05) is 6.54 Å². The summed E-state index contributed by atoms with van der Waals surface area (Å²) >= 11 is 0. The molecule has 0 fully saturated rings. The summed E-state index contributed by atoms with van der Waals surface area (Å²) in [4.78, 5) is 9.61. The molecule has 1 aliphatic heterocycles. The first-order valence-corrected chi connectivity index (χ1v) is 3.45. The number of nitrogens with two attached hydrogens (primary N) is 1. The van der Waals surface area contributed by atoms with Crippen molar-refractivity contribution >= 4 is 12.2 Å². The van der Waals surface area contributed by atoms with Crippen LogP contribution in [0.3, 0.4) is 0 Å². The van der Waals surface area contributed by atoms with Crippen LogP contribution in [0, 0.1) is 0 Å². The number of aliphatic hydroxyl groups is 1. The normalized spacial score (nSPS) is 23.7. The van der Waals surface area contributed by atoms with Crippen LogP contribution in [0.5, 0.6) is 0 Å². The van der Waals surface area contributed by atoms with Crippen molar-refractivity contribution in [3.05, 3.63) is 0 Å². The molecule has 0 aromatic rings. The third kappa shape index (κ3) is 1.99. The maximum Gasteiger partial charge on any atom is 0.176 e. The Kier molecular flexibility index (Phi) is 2.56. The largest absolute Gasteiger partial charge is 0.395 e. The minimum atomic E-state index is -0.389.